The Bertz CT molecular complexity index is 355. The van der Waals surface area contributed by atoms with Crippen LogP contribution in [0.25, 0.3) is 0 Å². The minimum atomic E-state index is 0.539. The Labute approximate surface area is 101 Å². The number of hydrogen-bond donors (Lipinski definition) is 2. The van der Waals surface area contributed by atoms with Gasteiger partial charge in [0.2, 0.25) is 0 Å². The molecular weight excluding hydrogens is 220 g/mol. The van der Waals surface area contributed by atoms with E-state index in [2.05, 4.69) is 15.7 Å². The van der Waals surface area contributed by atoms with Crippen LogP contribution in [-0.2, 0) is 7.05 Å². The van der Waals surface area contributed by atoms with Crippen molar-refractivity contribution in [2.75, 3.05) is 5.32 Å². The zero-order valence-corrected chi connectivity index (χ0v) is 10.4. The van der Waals surface area contributed by atoms with E-state index in [1.807, 2.05) is 19.3 Å². The summed E-state index contributed by atoms with van der Waals surface area (Å²) in [6.07, 6.45) is 8.33. The number of aryl methyl sites for hydroxylation is 1. The van der Waals surface area contributed by atoms with E-state index in [1.165, 1.54) is 32.1 Å². The van der Waals surface area contributed by atoms with Gasteiger partial charge in [0.15, 0.2) is 10.9 Å². The summed E-state index contributed by atoms with van der Waals surface area (Å²) in [6, 6.07) is 2.45. The van der Waals surface area contributed by atoms with Crippen molar-refractivity contribution < 1.29 is 0 Å². The molecule has 0 aliphatic heterocycles. The van der Waals surface area contributed by atoms with E-state index in [0.29, 0.717) is 11.2 Å². The van der Waals surface area contributed by atoms with Crippen LogP contribution in [0.2, 0.25) is 0 Å². The van der Waals surface area contributed by atoms with Gasteiger partial charge in [-0.15, -0.1) is 0 Å². The number of thiocarbonyl (C=S) groups is 1. The first-order chi connectivity index (χ1) is 7.74. The minimum absolute atomic E-state index is 0.539. The highest BCUT2D eigenvalue weighted by molar-refractivity contribution is 7.80. The van der Waals surface area contributed by atoms with Gasteiger partial charge < -0.3 is 10.6 Å². The Morgan fingerprint density at radius 2 is 2.19 bits per heavy atom. The molecule has 0 aromatic carbocycles. The second-order valence-corrected chi connectivity index (χ2v) is 4.72. The molecule has 1 aliphatic carbocycles. The molecule has 0 spiro atoms. The van der Waals surface area contributed by atoms with Crippen LogP contribution in [0.5, 0.6) is 0 Å². The minimum Gasteiger partial charge on any atom is -0.360 e. The van der Waals surface area contributed by atoms with E-state index in [1.54, 1.807) is 4.68 Å². The second kappa shape index (κ2) is 5.30. The Kier molecular flexibility index (Phi) is 3.77. The summed E-state index contributed by atoms with van der Waals surface area (Å²) < 4.78 is 1.76. The second-order valence-electron chi connectivity index (χ2n) is 4.31. The molecule has 16 heavy (non-hydrogen) atoms. The number of hydrogen-bond acceptors (Lipinski definition) is 2. The van der Waals surface area contributed by atoms with Gasteiger partial charge in [-0.05, 0) is 25.1 Å². The maximum absolute atomic E-state index is 5.25. The molecule has 0 radical (unpaired) electrons. The third-order valence-corrected chi connectivity index (χ3v) is 3.12. The molecule has 5 heteroatoms. The standard InChI is InChI=1S/C11H18N4S/c1-15-8-7-10(14-15)13-11(16)12-9-5-3-2-4-6-9/h7-9H,2-6H2,1H3,(H2,12,13,14,16). The van der Waals surface area contributed by atoms with Crippen LogP contribution in [0.4, 0.5) is 5.82 Å². The first kappa shape index (κ1) is 11.4. The molecule has 0 bridgehead atoms. The predicted octanol–water partition coefficient (Wildman–Crippen LogP) is 2.04. The highest BCUT2D eigenvalue weighted by atomic mass is 32.1. The maximum Gasteiger partial charge on any atom is 0.172 e. The van der Waals surface area contributed by atoms with Crippen LogP contribution in [0.1, 0.15) is 32.1 Å². The maximum atomic E-state index is 5.25. The van der Waals surface area contributed by atoms with Crippen molar-refractivity contribution in [1.82, 2.24) is 15.1 Å². The summed E-state index contributed by atoms with van der Waals surface area (Å²) in [5.74, 6) is 0.802. The van der Waals surface area contributed by atoms with Crippen molar-refractivity contribution in [3.8, 4) is 0 Å². The van der Waals surface area contributed by atoms with Crippen molar-refractivity contribution >= 4 is 23.1 Å². The molecule has 0 unspecified atom stereocenters. The van der Waals surface area contributed by atoms with Gasteiger partial charge >= 0.3 is 0 Å². The van der Waals surface area contributed by atoms with E-state index in [9.17, 15) is 0 Å². The van der Waals surface area contributed by atoms with Crippen LogP contribution in [0, 0.1) is 0 Å². The first-order valence-electron chi connectivity index (χ1n) is 5.81. The smallest absolute Gasteiger partial charge is 0.172 e. The van der Waals surface area contributed by atoms with Crippen LogP contribution in [-0.4, -0.2) is 20.9 Å². The van der Waals surface area contributed by atoms with Gasteiger partial charge in [-0.2, -0.15) is 5.10 Å². The lowest BCUT2D eigenvalue weighted by Gasteiger charge is -2.23. The van der Waals surface area contributed by atoms with Crippen molar-refractivity contribution in [3.63, 3.8) is 0 Å². The van der Waals surface area contributed by atoms with Gasteiger partial charge in [0, 0.05) is 25.4 Å². The van der Waals surface area contributed by atoms with E-state index in [-0.39, 0.29) is 0 Å². The molecule has 1 aromatic heterocycles. The molecule has 1 fully saturated rings. The summed E-state index contributed by atoms with van der Waals surface area (Å²) in [6.45, 7) is 0. The van der Waals surface area contributed by atoms with Crippen molar-refractivity contribution in [2.24, 2.45) is 7.05 Å². The molecule has 2 rings (SSSR count). The SMILES string of the molecule is Cn1ccc(NC(=S)NC2CCCCC2)n1. The number of nitrogens with one attached hydrogen (secondary N) is 2. The number of aromatic nitrogens is 2. The predicted molar refractivity (Wildman–Crippen MR) is 69.4 cm³/mol. The third kappa shape index (κ3) is 3.20. The topological polar surface area (TPSA) is 41.9 Å². The molecule has 1 heterocycles. The lowest BCUT2D eigenvalue weighted by Crippen LogP contribution is -2.38. The normalized spacial score (nSPS) is 17.1. The summed E-state index contributed by atoms with van der Waals surface area (Å²) in [4.78, 5) is 0. The Hall–Kier alpha value is -1.10. The van der Waals surface area contributed by atoms with Gasteiger partial charge in [-0.3, -0.25) is 4.68 Å². The van der Waals surface area contributed by atoms with Crippen LogP contribution >= 0.6 is 12.2 Å². The van der Waals surface area contributed by atoms with Crippen molar-refractivity contribution in [1.29, 1.82) is 0 Å². The number of anilines is 1. The van der Waals surface area contributed by atoms with E-state index in [4.69, 9.17) is 12.2 Å². The van der Waals surface area contributed by atoms with Gasteiger partial charge in [0.25, 0.3) is 0 Å². The monoisotopic (exact) mass is 238 g/mol. The lowest BCUT2D eigenvalue weighted by atomic mass is 9.96. The van der Waals surface area contributed by atoms with Gasteiger partial charge in [0.05, 0.1) is 0 Å². The van der Waals surface area contributed by atoms with Crippen LogP contribution < -0.4 is 10.6 Å². The Morgan fingerprint density at radius 3 is 2.81 bits per heavy atom. The molecule has 1 saturated carbocycles. The fourth-order valence-corrected chi connectivity index (χ4v) is 2.34. The fourth-order valence-electron chi connectivity index (χ4n) is 2.07. The Morgan fingerprint density at radius 1 is 1.44 bits per heavy atom. The third-order valence-electron chi connectivity index (χ3n) is 2.90. The van der Waals surface area contributed by atoms with Gasteiger partial charge in [-0.1, -0.05) is 19.3 Å². The average molecular weight is 238 g/mol. The van der Waals surface area contributed by atoms with Crippen LogP contribution in [0.15, 0.2) is 12.3 Å². The molecule has 0 atom stereocenters. The van der Waals surface area contributed by atoms with Gasteiger partial charge in [-0.25, -0.2) is 0 Å². The quantitative estimate of drug-likeness (QED) is 0.774. The first-order valence-corrected chi connectivity index (χ1v) is 6.22. The summed E-state index contributed by atoms with van der Waals surface area (Å²) in [7, 11) is 1.89. The molecule has 88 valence electrons. The zero-order valence-electron chi connectivity index (χ0n) is 9.57. The molecule has 2 N–H and O–H groups in total. The molecule has 1 aliphatic rings. The summed E-state index contributed by atoms with van der Waals surface area (Å²) >= 11 is 5.25. The van der Waals surface area contributed by atoms with Crippen molar-refractivity contribution in [3.05, 3.63) is 12.3 Å². The molecule has 4 nitrogen and oxygen atoms in total. The van der Waals surface area contributed by atoms with Crippen molar-refractivity contribution in [2.45, 2.75) is 38.1 Å². The number of rotatable bonds is 2. The fraction of sp³-hybridized carbons (Fsp3) is 0.636. The largest absolute Gasteiger partial charge is 0.360 e. The summed E-state index contributed by atoms with van der Waals surface area (Å²) in [5, 5.41) is 11.4. The van der Waals surface area contributed by atoms with Crippen LogP contribution in [0.3, 0.4) is 0 Å². The van der Waals surface area contributed by atoms with Gasteiger partial charge in [0.1, 0.15) is 0 Å². The number of nitrogens with zero attached hydrogens (tertiary/aromatic N) is 2. The highest BCUT2D eigenvalue weighted by Gasteiger charge is 2.14. The highest BCUT2D eigenvalue weighted by Crippen LogP contribution is 2.17. The molecule has 0 saturated heterocycles. The van der Waals surface area contributed by atoms with E-state index < -0.39 is 0 Å². The van der Waals surface area contributed by atoms with E-state index >= 15 is 0 Å². The zero-order chi connectivity index (χ0) is 11.4. The summed E-state index contributed by atoms with van der Waals surface area (Å²) in [5.41, 5.74) is 0. The Balaban J connectivity index is 1.79. The average Bonchev–Trinajstić information content (AvgIpc) is 2.65. The lowest BCUT2D eigenvalue weighted by molar-refractivity contribution is 0.415. The molecular formula is C11H18N4S. The molecule has 0 amide bonds. The van der Waals surface area contributed by atoms with E-state index in [0.717, 1.165) is 5.82 Å². The molecule has 1 aromatic rings.